The van der Waals surface area contributed by atoms with Gasteiger partial charge in [-0.05, 0) is 42.1 Å². The first-order chi connectivity index (χ1) is 16.6. The van der Waals surface area contributed by atoms with Crippen molar-refractivity contribution in [1.82, 2.24) is 4.90 Å². The fourth-order valence-corrected chi connectivity index (χ4v) is 5.15. The van der Waals surface area contributed by atoms with E-state index >= 15 is 0 Å². The molecule has 1 aliphatic heterocycles. The monoisotopic (exact) mass is 478 g/mol. The number of carbonyl (C=O) groups is 3. The molecule has 0 bridgehead atoms. The number of hydrogen-bond donors (Lipinski definition) is 1. The zero-order chi connectivity index (χ0) is 24.1. The molecule has 0 saturated carbocycles. The largest absolute Gasteiger partial charge is 0.462 e. The highest BCUT2D eigenvalue weighted by Gasteiger charge is 2.44. The van der Waals surface area contributed by atoms with E-state index in [0.717, 1.165) is 4.88 Å². The Hall–Kier alpha value is -3.49. The summed E-state index contributed by atoms with van der Waals surface area (Å²) in [5.41, 5.74) is 1.80. The van der Waals surface area contributed by atoms with Gasteiger partial charge in [0.25, 0.3) is 5.91 Å². The second-order valence-corrected chi connectivity index (χ2v) is 8.75. The molecule has 8 heteroatoms. The van der Waals surface area contributed by atoms with Crippen LogP contribution >= 0.6 is 11.3 Å². The first-order valence-electron chi connectivity index (χ1n) is 11.1. The van der Waals surface area contributed by atoms with E-state index in [-0.39, 0.29) is 24.0 Å². The van der Waals surface area contributed by atoms with E-state index in [2.05, 4.69) is 5.32 Å². The number of methoxy groups -OCH3 is 1. The van der Waals surface area contributed by atoms with Crippen molar-refractivity contribution in [3.05, 3.63) is 87.6 Å². The van der Waals surface area contributed by atoms with Gasteiger partial charge in [0.2, 0.25) is 5.91 Å². The number of fused-ring (bicyclic) bond motifs is 1. The number of carbonyl (C=O) groups excluding carboxylic acids is 3. The minimum Gasteiger partial charge on any atom is -0.462 e. The molecule has 4 rings (SSSR count). The van der Waals surface area contributed by atoms with Crippen LogP contribution < -0.4 is 5.32 Å². The zero-order valence-corrected chi connectivity index (χ0v) is 19.8. The summed E-state index contributed by atoms with van der Waals surface area (Å²) in [4.78, 5) is 42.4. The molecule has 1 N–H and O–H groups in total. The lowest BCUT2D eigenvalue weighted by Gasteiger charge is -2.41. The molecule has 1 aromatic heterocycles. The highest BCUT2D eigenvalue weighted by atomic mass is 32.1. The number of nitrogens with one attached hydrogen (secondary N) is 1. The predicted molar refractivity (Wildman–Crippen MR) is 130 cm³/mol. The van der Waals surface area contributed by atoms with Crippen molar-refractivity contribution in [2.45, 2.75) is 18.9 Å². The van der Waals surface area contributed by atoms with Crippen molar-refractivity contribution in [3.63, 3.8) is 0 Å². The van der Waals surface area contributed by atoms with Gasteiger partial charge in [0.1, 0.15) is 0 Å². The average Bonchev–Trinajstić information content (AvgIpc) is 3.38. The van der Waals surface area contributed by atoms with E-state index < -0.39 is 17.9 Å². The third-order valence-electron chi connectivity index (χ3n) is 5.77. The van der Waals surface area contributed by atoms with Crippen molar-refractivity contribution in [2.75, 3.05) is 32.2 Å². The van der Waals surface area contributed by atoms with E-state index in [9.17, 15) is 14.4 Å². The normalized spacial score (nSPS) is 17.2. The van der Waals surface area contributed by atoms with Crippen LogP contribution in [0.1, 0.15) is 50.0 Å². The highest BCUT2D eigenvalue weighted by Crippen LogP contribution is 2.44. The molecule has 2 heterocycles. The molecule has 176 valence electrons. The van der Waals surface area contributed by atoms with E-state index in [0.29, 0.717) is 30.0 Å². The molecule has 3 aromatic rings. The van der Waals surface area contributed by atoms with E-state index in [1.165, 1.54) is 11.3 Å². The molecule has 0 radical (unpaired) electrons. The minimum atomic E-state index is -0.681. The van der Waals surface area contributed by atoms with Gasteiger partial charge in [-0.25, -0.2) is 4.79 Å². The summed E-state index contributed by atoms with van der Waals surface area (Å²) in [6, 6.07) is 17.3. The second kappa shape index (κ2) is 10.6. The summed E-state index contributed by atoms with van der Waals surface area (Å²) < 4.78 is 10.4. The summed E-state index contributed by atoms with van der Waals surface area (Å²) in [5.74, 6) is -1.63. The van der Waals surface area contributed by atoms with Crippen LogP contribution in [-0.4, -0.2) is 49.6 Å². The van der Waals surface area contributed by atoms with Gasteiger partial charge in [0, 0.05) is 24.1 Å². The molecular formula is C26H26N2O5S. The van der Waals surface area contributed by atoms with Crippen LogP contribution in [-0.2, 0) is 14.3 Å². The third-order valence-corrected chi connectivity index (χ3v) is 6.72. The fourth-order valence-electron chi connectivity index (χ4n) is 4.28. The Kier molecular flexibility index (Phi) is 7.40. The van der Waals surface area contributed by atoms with Crippen molar-refractivity contribution in [1.29, 1.82) is 0 Å². The molecule has 2 atom stereocenters. The molecule has 0 unspecified atom stereocenters. The predicted octanol–water partition coefficient (Wildman–Crippen LogP) is 4.49. The Morgan fingerprint density at radius 3 is 2.56 bits per heavy atom. The first-order valence-corrected chi connectivity index (χ1v) is 11.9. The SMILES string of the molecule is CCOC(=O)c1ccccc1NC(=O)[C@@H]1c2ccccc2C(=O)N(CCOC)[C@H]1c1cccs1. The van der Waals surface area contributed by atoms with Crippen molar-refractivity contribution >= 4 is 34.8 Å². The number of anilines is 1. The Morgan fingerprint density at radius 2 is 1.82 bits per heavy atom. The molecule has 2 amide bonds. The molecule has 2 aromatic carbocycles. The number of amides is 2. The quantitative estimate of drug-likeness (QED) is 0.482. The maximum absolute atomic E-state index is 13.9. The van der Waals surface area contributed by atoms with Crippen molar-refractivity contribution in [3.8, 4) is 0 Å². The maximum atomic E-state index is 13.9. The lowest BCUT2D eigenvalue weighted by molar-refractivity contribution is -0.119. The summed E-state index contributed by atoms with van der Waals surface area (Å²) >= 11 is 1.50. The first kappa shape index (κ1) is 23.7. The van der Waals surface area contributed by atoms with Gasteiger partial charge in [-0.15, -0.1) is 11.3 Å². The van der Waals surface area contributed by atoms with Gasteiger partial charge in [-0.1, -0.05) is 36.4 Å². The van der Waals surface area contributed by atoms with Crippen LogP contribution in [0.15, 0.2) is 66.0 Å². The van der Waals surface area contributed by atoms with Crippen LogP contribution in [0.2, 0.25) is 0 Å². The smallest absolute Gasteiger partial charge is 0.340 e. The Morgan fingerprint density at radius 1 is 1.06 bits per heavy atom. The highest BCUT2D eigenvalue weighted by molar-refractivity contribution is 7.10. The fraction of sp³-hybridized carbons (Fsp3) is 0.269. The van der Waals surface area contributed by atoms with Crippen LogP contribution in [0.3, 0.4) is 0 Å². The lowest BCUT2D eigenvalue weighted by Crippen LogP contribution is -2.47. The van der Waals surface area contributed by atoms with Crippen LogP contribution in [0.4, 0.5) is 5.69 Å². The Labute approximate surface area is 202 Å². The second-order valence-electron chi connectivity index (χ2n) is 7.77. The average molecular weight is 479 g/mol. The lowest BCUT2D eigenvalue weighted by atomic mass is 9.81. The van der Waals surface area contributed by atoms with Crippen LogP contribution in [0.5, 0.6) is 0 Å². The third kappa shape index (κ3) is 4.60. The molecule has 0 spiro atoms. The van der Waals surface area contributed by atoms with Crippen molar-refractivity contribution < 1.29 is 23.9 Å². The number of hydrogen-bond acceptors (Lipinski definition) is 6. The number of ether oxygens (including phenoxy) is 2. The van der Waals surface area contributed by atoms with Crippen molar-refractivity contribution in [2.24, 2.45) is 0 Å². The Balaban J connectivity index is 1.78. The number of rotatable bonds is 8. The zero-order valence-electron chi connectivity index (χ0n) is 19.0. The summed E-state index contributed by atoms with van der Waals surface area (Å²) in [7, 11) is 1.58. The molecule has 7 nitrogen and oxygen atoms in total. The molecule has 1 aliphatic rings. The Bertz CT molecular complexity index is 1180. The number of para-hydroxylation sites is 1. The molecule has 0 fully saturated rings. The topological polar surface area (TPSA) is 84.9 Å². The van der Waals surface area contributed by atoms with Gasteiger partial charge >= 0.3 is 5.97 Å². The van der Waals surface area contributed by atoms with Gasteiger partial charge < -0.3 is 19.7 Å². The number of nitrogens with zero attached hydrogens (tertiary/aromatic N) is 1. The summed E-state index contributed by atoms with van der Waals surface area (Å²) in [6.07, 6.45) is 0. The number of benzene rings is 2. The standard InChI is InChI=1S/C26H26N2O5S/c1-3-33-26(31)19-11-6-7-12-20(19)27-24(29)22-17-9-4-5-10-18(17)25(30)28(14-15-32-2)23(22)21-13-8-16-34-21/h4-13,16,22-23H,3,14-15H2,1-2H3,(H,27,29)/t22-,23+/m1/s1. The van der Waals surface area contributed by atoms with Gasteiger partial charge in [-0.3, -0.25) is 9.59 Å². The maximum Gasteiger partial charge on any atom is 0.340 e. The molecular weight excluding hydrogens is 452 g/mol. The van der Waals surface area contributed by atoms with Gasteiger partial charge in [-0.2, -0.15) is 0 Å². The van der Waals surface area contributed by atoms with E-state index in [4.69, 9.17) is 9.47 Å². The molecule has 34 heavy (non-hydrogen) atoms. The van der Waals surface area contributed by atoms with Crippen LogP contribution in [0, 0.1) is 0 Å². The molecule has 0 aliphatic carbocycles. The number of esters is 1. The summed E-state index contributed by atoms with van der Waals surface area (Å²) in [6.45, 7) is 2.65. The van der Waals surface area contributed by atoms with E-state index in [1.54, 1.807) is 55.3 Å². The van der Waals surface area contributed by atoms with Crippen LogP contribution in [0.25, 0.3) is 0 Å². The minimum absolute atomic E-state index is 0.137. The van der Waals surface area contributed by atoms with Gasteiger partial charge in [0.15, 0.2) is 0 Å². The van der Waals surface area contributed by atoms with E-state index in [1.807, 2.05) is 29.6 Å². The molecule has 0 saturated heterocycles. The number of thiophene rings is 1. The summed E-state index contributed by atoms with van der Waals surface area (Å²) in [5, 5.41) is 4.87. The van der Waals surface area contributed by atoms with Gasteiger partial charge in [0.05, 0.1) is 36.4 Å².